The van der Waals surface area contributed by atoms with E-state index in [-0.39, 0.29) is 17.9 Å². The summed E-state index contributed by atoms with van der Waals surface area (Å²) in [6.07, 6.45) is 4.73. The summed E-state index contributed by atoms with van der Waals surface area (Å²) in [6.45, 7) is 0.203. The third kappa shape index (κ3) is 4.39. The number of halogens is 1. The normalized spacial score (nSPS) is 25.3. The van der Waals surface area contributed by atoms with E-state index >= 15 is 0 Å². The number of carbonyl (C=O) groups is 1. The number of nitrogens with zero attached hydrogens (tertiary/aromatic N) is 1. The first kappa shape index (κ1) is 19.6. The van der Waals surface area contributed by atoms with Gasteiger partial charge in [0.05, 0.1) is 17.6 Å². The molecule has 2 fully saturated rings. The second-order valence-electron chi connectivity index (χ2n) is 7.07. The molecule has 1 saturated heterocycles. The fourth-order valence-corrected chi connectivity index (χ4v) is 5.41. The maximum absolute atomic E-state index is 12.9. The lowest BCUT2D eigenvalue weighted by molar-refractivity contribution is -0.149. The van der Waals surface area contributed by atoms with E-state index in [1.54, 1.807) is 0 Å². The maximum Gasteiger partial charge on any atom is 0.324 e. The maximum atomic E-state index is 12.9. The molecule has 1 heterocycles. The Bertz CT molecular complexity index is 730. The molecular formula is C18H24ClNO5S. The molecule has 0 aromatic heterocycles. The zero-order valence-corrected chi connectivity index (χ0v) is 16.1. The van der Waals surface area contributed by atoms with Gasteiger partial charge in [0.2, 0.25) is 10.0 Å². The van der Waals surface area contributed by atoms with E-state index in [1.807, 2.05) is 0 Å². The van der Waals surface area contributed by atoms with Crippen molar-refractivity contribution >= 4 is 27.6 Å². The van der Waals surface area contributed by atoms with Crippen LogP contribution in [0.4, 0.5) is 0 Å². The number of esters is 1. The van der Waals surface area contributed by atoms with Crippen LogP contribution in [0, 0.1) is 5.92 Å². The minimum atomic E-state index is -3.91. The molecule has 1 aromatic rings. The molecule has 0 bridgehead atoms. The molecule has 8 heteroatoms. The number of sulfonamides is 1. The van der Waals surface area contributed by atoms with Crippen LogP contribution in [0.25, 0.3) is 0 Å². The third-order valence-electron chi connectivity index (χ3n) is 5.11. The van der Waals surface area contributed by atoms with Gasteiger partial charge in [-0.25, -0.2) is 8.42 Å². The molecule has 1 unspecified atom stereocenters. The molecule has 2 atom stereocenters. The van der Waals surface area contributed by atoms with E-state index in [2.05, 4.69) is 0 Å². The third-order valence-corrected chi connectivity index (χ3v) is 7.25. The predicted molar refractivity (Wildman–Crippen MR) is 97.3 cm³/mol. The van der Waals surface area contributed by atoms with Gasteiger partial charge in [-0.1, -0.05) is 30.9 Å². The van der Waals surface area contributed by atoms with Gasteiger partial charge < -0.3 is 9.84 Å². The first-order valence-corrected chi connectivity index (χ1v) is 10.8. The molecule has 0 radical (unpaired) electrons. The van der Waals surface area contributed by atoms with Gasteiger partial charge in [-0.2, -0.15) is 4.31 Å². The van der Waals surface area contributed by atoms with Gasteiger partial charge in [-0.3, -0.25) is 4.79 Å². The van der Waals surface area contributed by atoms with Crippen LogP contribution in [0.5, 0.6) is 0 Å². The smallest absolute Gasteiger partial charge is 0.324 e. The molecular weight excluding hydrogens is 378 g/mol. The fourth-order valence-electron chi connectivity index (χ4n) is 3.66. The molecule has 1 aromatic carbocycles. The number of hydrogen-bond acceptors (Lipinski definition) is 5. The van der Waals surface area contributed by atoms with Crippen molar-refractivity contribution in [2.45, 2.75) is 55.6 Å². The molecule has 0 amide bonds. The van der Waals surface area contributed by atoms with Crippen molar-refractivity contribution in [1.82, 2.24) is 4.31 Å². The molecule has 2 aliphatic rings. The largest absolute Gasteiger partial charge is 0.464 e. The quantitative estimate of drug-likeness (QED) is 0.766. The Hall–Kier alpha value is -1.15. The van der Waals surface area contributed by atoms with Crippen LogP contribution < -0.4 is 0 Å². The van der Waals surface area contributed by atoms with Gasteiger partial charge in [0.25, 0.3) is 0 Å². The zero-order chi connectivity index (χ0) is 18.7. The number of carbonyl (C=O) groups excluding carboxylic acids is 1. The summed E-state index contributed by atoms with van der Waals surface area (Å²) in [5, 5.41) is 10.4. The fraction of sp³-hybridized carbons (Fsp3) is 0.611. The van der Waals surface area contributed by atoms with Crippen LogP contribution in [0.15, 0.2) is 29.2 Å². The van der Waals surface area contributed by atoms with E-state index in [1.165, 1.54) is 30.7 Å². The zero-order valence-electron chi connectivity index (χ0n) is 14.5. The summed E-state index contributed by atoms with van der Waals surface area (Å²) < 4.78 is 32.2. The van der Waals surface area contributed by atoms with Crippen LogP contribution in [0.1, 0.15) is 38.5 Å². The second-order valence-corrected chi connectivity index (χ2v) is 9.40. The van der Waals surface area contributed by atoms with Crippen molar-refractivity contribution < 1.29 is 23.1 Å². The van der Waals surface area contributed by atoms with Crippen molar-refractivity contribution in [1.29, 1.82) is 0 Å². The molecule has 1 aliphatic carbocycles. The number of rotatable bonds is 5. The van der Waals surface area contributed by atoms with Crippen molar-refractivity contribution in [3.05, 3.63) is 29.3 Å². The van der Waals surface area contributed by atoms with Gasteiger partial charge in [0, 0.05) is 18.0 Å². The first-order valence-electron chi connectivity index (χ1n) is 9.00. The van der Waals surface area contributed by atoms with Gasteiger partial charge >= 0.3 is 5.97 Å². The number of aliphatic hydroxyl groups excluding tert-OH is 1. The van der Waals surface area contributed by atoms with Crippen LogP contribution in [-0.2, 0) is 19.6 Å². The number of β-amino-alcohol motifs (C(OH)–C–C–N with tert-alkyl or cyclic N) is 1. The standard InChI is InChI=1S/C18H24ClNO5S/c19-14-6-8-16(9-7-14)26(23,24)20-11-15(21)10-17(20)18(22)25-12-13-4-2-1-3-5-13/h6-9,13,15,17,21H,1-5,10-12H2/t15?,17-/m0/s1. The highest BCUT2D eigenvalue weighted by atomic mass is 35.5. The number of benzene rings is 1. The molecule has 1 aliphatic heterocycles. The molecule has 6 nitrogen and oxygen atoms in total. The van der Waals surface area contributed by atoms with Gasteiger partial charge in [-0.15, -0.1) is 0 Å². The summed E-state index contributed by atoms with van der Waals surface area (Å²) in [5.74, 6) is -0.231. The lowest BCUT2D eigenvalue weighted by Gasteiger charge is -2.25. The monoisotopic (exact) mass is 401 g/mol. The minimum Gasteiger partial charge on any atom is -0.464 e. The average molecular weight is 402 g/mol. The summed E-state index contributed by atoms with van der Waals surface area (Å²) in [4.78, 5) is 12.6. The molecule has 3 rings (SSSR count). The highest BCUT2D eigenvalue weighted by molar-refractivity contribution is 7.89. The summed E-state index contributed by atoms with van der Waals surface area (Å²) >= 11 is 5.82. The number of hydrogen-bond donors (Lipinski definition) is 1. The molecule has 26 heavy (non-hydrogen) atoms. The van der Waals surface area contributed by atoms with Crippen LogP contribution >= 0.6 is 11.6 Å². The second kappa shape index (κ2) is 8.25. The average Bonchev–Trinajstić information content (AvgIpc) is 3.04. The number of ether oxygens (including phenoxy) is 1. The Morgan fingerprint density at radius 1 is 1.19 bits per heavy atom. The Morgan fingerprint density at radius 2 is 1.85 bits per heavy atom. The highest BCUT2D eigenvalue weighted by Crippen LogP contribution is 2.29. The van der Waals surface area contributed by atoms with Gasteiger partial charge in [0.15, 0.2) is 0 Å². The Balaban J connectivity index is 1.71. The van der Waals surface area contributed by atoms with Crippen molar-refractivity contribution in [2.75, 3.05) is 13.2 Å². The molecule has 1 saturated carbocycles. The summed E-state index contributed by atoms with van der Waals surface area (Å²) in [7, 11) is -3.91. The number of aliphatic hydroxyl groups is 1. The minimum absolute atomic E-state index is 0.0427. The van der Waals surface area contributed by atoms with Crippen LogP contribution in [0.2, 0.25) is 5.02 Å². The lowest BCUT2D eigenvalue weighted by atomic mass is 9.90. The van der Waals surface area contributed by atoms with E-state index in [0.29, 0.717) is 17.5 Å². The van der Waals surface area contributed by atoms with E-state index in [9.17, 15) is 18.3 Å². The van der Waals surface area contributed by atoms with Crippen molar-refractivity contribution in [2.24, 2.45) is 5.92 Å². The summed E-state index contributed by atoms with van der Waals surface area (Å²) in [6, 6.07) is 4.77. The molecule has 0 spiro atoms. The first-order chi connectivity index (χ1) is 12.4. The highest BCUT2D eigenvalue weighted by Gasteiger charge is 2.44. The van der Waals surface area contributed by atoms with Gasteiger partial charge in [-0.05, 0) is 43.0 Å². The van der Waals surface area contributed by atoms with E-state index in [0.717, 1.165) is 30.0 Å². The lowest BCUT2D eigenvalue weighted by Crippen LogP contribution is -2.41. The predicted octanol–water partition coefficient (Wildman–Crippen LogP) is 2.59. The van der Waals surface area contributed by atoms with Crippen molar-refractivity contribution in [3.63, 3.8) is 0 Å². The Morgan fingerprint density at radius 3 is 2.50 bits per heavy atom. The molecule has 1 N–H and O–H groups in total. The molecule has 144 valence electrons. The van der Waals surface area contributed by atoms with Gasteiger partial charge in [0.1, 0.15) is 6.04 Å². The van der Waals surface area contributed by atoms with E-state index in [4.69, 9.17) is 16.3 Å². The topological polar surface area (TPSA) is 83.9 Å². The SMILES string of the molecule is O=C(OCC1CCCCC1)[C@@H]1CC(O)CN1S(=O)(=O)c1ccc(Cl)cc1. The van der Waals surface area contributed by atoms with Crippen LogP contribution in [-0.4, -0.2) is 49.1 Å². The van der Waals surface area contributed by atoms with E-state index < -0.39 is 28.1 Å². The Kier molecular flexibility index (Phi) is 6.22. The summed E-state index contributed by atoms with van der Waals surface area (Å²) in [5.41, 5.74) is 0. The van der Waals surface area contributed by atoms with Crippen molar-refractivity contribution in [3.8, 4) is 0 Å². The Labute approximate surface area is 159 Å². The van der Waals surface area contributed by atoms with Crippen LogP contribution in [0.3, 0.4) is 0 Å².